The number of amides is 1. The second-order valence-electron chi connectivity index (χ2n) is 8.41. The summed E-state index contributed by atoms with van der Waals surface area (Å²) >= 11 is 1.36. The molecule has 1 saturated heterocycles. The van der Waals surface area contributed by atoms with E-state index < -0.39 is 0 Å². The van der Waals surface area contributed by atoms with Gasteiger partial charge < -0.3 is 15.0 Å². The third-order valence-electron chi connectivity index (χ3n) is 5.64. The first-order chi connectivity index (χ1) is 15.3. The van der Waals surface area contributed by atoms with Gasteiger partial charge in [0.1, 0.15) is 5.75 Å². The molecule has 1 fully saturated rings. The van der Waals surface area contributed by atoms with Gasteiger partial charge >= 0.3 is 0 Å². The third-order valence-corrected chi connectivity index (χ3v) is 6.55. The van der Waals surface area contributed by atoms with E-state index in [1.165, 1.54) is 28.6 Å². The summed E-state index contributed by atoms with van der Waals surface area (Å²) in [6.07, 6.45) is 4.25. The summed E-state index contributed by atoms with van der Waals surface area (Å²) in [6.45, 7) is 12.3. The molecule has 6 heteroatoms. The lowest BCUT2D eigenvalue weighted by atomic mass is 9.88. The van der Waals surface area contributed by atoms with Crippen molar-refractivity contribution in [2.45, 2.75) is 40.2 Å². The van der Waals surface area contributed by atoms with Crippen LogP contribution in [0.4, 0.5) is 11.4 Å². The van der Waals surface area contributed by atoms with Crippen LogP contribution in [0.3, 0.4) is 0 Å². The van der Waals surface area contributed by atoms with E-state index in [0.717, 1.165) is 23.5 Å². The van der Waals surface area contributed by atoms with Crippen molar-refractivity contribution < 1.29 is 9.53 Å². The molecule has 2 aromatic rings. The first kappa shape index (κ1) is 22.2. The number of aliphatic imine (C=N–C) groups is 1. The molecule has 2 heterocycles. The molecule has 0 radical (unpaired) electrons. The van der Waals surface area contributed by atoms with Crippen molar-refractivity contribution in [3.8, 4) is 5.75 Å². The largest absolute Gasteiger partial charge is 0.494 e. The highest BCUT2D eigenvalue weighted by Gasteiger charge is 2.30. The number of fused-ring (bicyclic) bond motifs is 1. The number of allylic oxidation sites excluding steroid dienone is 1. The molecule has 0 unspecified atom stereocenters. The summed E-state index contributed by atoms with van der Waals surface area (Å²) in [5.41, 5.74) is 5.48. The Morgan fingerprint density at radius 1 is 1.16 bits per heavy atom. The maximum absolute atomic E-state index is 12.5. The van der Waals surface area contributed by atoms with Crippen LogP contribution in [0.1, 0.15) is 45.7 Å². The van der Waals surface area contributed by atoms with Crippen LogP contribution in [-0.4, -0.2) is 29.8 Å². The lowest BCUT2D eigenvalue weighted by molar-refractivity contribution is -0.115. The normalized spacial score (nSPS) is 19.7. The van der Waals surface area contributed by atoms with Gasteiger partial charge in [0, 0.05) is 17.8 Å². The number of anilines is 1. The minimum absolute atomic E-state index is 0.0146. The van der Waals surface area contributed by atoms with E-state index in [-0.39, 0.29) is 11.4 Å². The highest BCUT2D eigenvalue weighted by molar-refractivity contribution is 8.18. The molecule has 1 N–H and O–H groups in total. The summed E-state index contributed by atoms with van der Waals surface area (Å²) in [5, 5.41) is 3.45. The van der Waals surface area contributed by atoms with E-state index in [1.54, 1.807) is 0 Å². The number of carbonyl (C=O) groups excluding carboxylic acids is 1. The van der Waals surface area contributed by atoms with Gasteiger partial charge in [0.25, 0.3) is 5.91 Å². The fraction of sp³-hybridized carbons (Fsp3) is 0.308. The second kappa shape index (κ2) is 8.87. The van der Waals surface area contributed by atoms with E-state index in [1.807, 2.05) is 37.3 Å². The van der Waals surface area contributed by atoms with Crippen LogP contribution in [0.15, 0.2) is 58.4 Å². The van der Waals surface area contributed by atoms with Crippen molar-refractivity contribution in [2.24, 2.45) is 4.99 Å². The third kappa shape index (κ3) is 4.46. The van der Waals surface area contributed by atoms with Gasteiger partial charge in [-0.3, -0.25) is 4.79 Å². The molecular weight excluding hydrogens is 418 g/mol. The maximum Gasteiger partial charge on any atom is 0.264 e. The molecule has 2 aliphatic heterocycles. The zero-order valence-electron chi connectivity index (χ0n) is 19.2. The molecule has 0 aliphatic carbocycles. The van der Waals surface area contributed by atoms with Gasteiger partial charge in [0.15, 0.2) is 5.17 Å². The molecule has 0 saturated carbocycles. The van der Waals surface area contributed by atoms with Crippen LogP contribution in [0.5, 0.6) is 5.75 Å². The van der Waals surface area contributed by atoms with Gasteiger partial charge in [-0.2, -0.15) is 0 Å². The van der Waals surface area contributed by atoms with Gasteiger partial charge in [-0.25, -0.2) is 4.99 Å². The van der Waals surface area contributed by atoms with E-state index in [2.05, 4.69) is 67.2 Å². The Bertz CT molecular complexity index is 1130. The highest BCUT2D eigenvalue weighted by Crippen LogP contribution is 2.39. The van der Waals surface area contributed by atoms with Crippen LogP contribution >= 0.6 is 11.8 Å². The summed E-state index contributed by atoms with van der Waals surface area (Å²) in [7, 11) is 0. The van der Waals surface area contributed by atoms with E-state index in [9.17, 15) is 4.79 Å². The molecule has 2 aromatic carbocycles. The molecule has 2 aliphatic rings. The van der Waals surface area contributed by atoms with Crippen molar-refractivity contribution in [3.05, 3.63) is 64.6 Å². The standard InChI is InChI=1S/C26H29N3O2S/c1-6-29-22-13-8-18(14-21(22)17(3)16-26(29,4)5)15-23-24(30)28-25(32-23)27-19-9-11-20(12-10-19)31-7-2/h8-16H,6-7H2,1-5H3,(H,27,28,30)/b23-15-. The van der Waals surface area contributed by atoms with Gasteiger partial charge in [-0.15, -0.1) is 0 Å². The molecule has 0 atom stereocenters. The molecule has 4 rings (SSSR count). The number of nitrogens with zero attached hydrogens (tertiary/aromatic N) is 2. The van der Waals surface area contributed by atoms with E-state index >= 15 is 0 Å². The summed E-state index contributed by atoms with van der Waals surface area (Å²) in [6, 6.07) is 13.9. The van der Waals surface area contributed by atoms with Gasteiger partial charge in [-0.1, -0.05) is 12.1 Å². The topological polar surface area (TPSA) is 53.9 Å². The fourth-order valence-corrected chi connectivity index (χ4v) is 5.14. The zero-order valence-corrected chi connectivity index (χ0v) is 20.0. The average molecular weight is 448 g/mol. The molecule has 32 heavy (non-hydrogen) atoms. The molecule has 0 bridgehead atoms. The van der Waals surface area contributed by atoms with E-state index in [4.69, 9.17) is 4.74 Å². The Kier molecular flexibility index (Phi) is 6.15. The van der Waals surface area contributed by atoms with Crippen LogP contribution < -0.4 is 15.0 Å². The smallest absolute Gasteiger partial charge is 0.264 e. The molecule has 1 amide bonds. The van der Waals surface area contributed by atoms with Crippen molar-refractivity contribution in [1.29, 1.82) is 0 Å². The number of ether oxygens (including phenoxy) is 1. The number of thioether (sulfide) groups is 1. The number of likely N-dealkylation sites (N-methyl/N-ethyl adjacent to an activating group) is 1. The lowest BCUT2D eigenvalue weighted by Gasteiger charge is -2.42. The van der Waals surface area contributed by atoms with Crippen molar-refractivity contribution in [1.82, 2.24) is 5.32 Å². The Morgan fingerprint density at radius 2 is 1.91 bits per heavy atom. The Morgan fingerprint density at radius 3 is 2.59 bits per heavy atom. The number of hydrogen-bond donors (Lipinski definition) is 1. The number of hydrogen-bond acceptors (Lipinski definition) is 5. The SMILES string of the molecule is CCOc1ccc(N=C2NC(=O)/C(=C/c3ccc4c(c3)C(C)=CC(C)(C)N4CC)S2)cc1. The van der Waals surface area contributed by atoms with Crippen LogP contribution in [-0.2, 0) is 4.79 Å². The quantitative estimate of drug-likeness (QED) is 0.571. The summed E-state index contributed by atoms with van der Waals surface area (Å²) in [5.74, 6) is 0.683. The Labute approximate surface area is 194 Å². The maximum atomic E-state index is 12.5. The fourth-order valence-electron chi connectivity index (χ4n) is 4.30. The first-order valence-electron chi connectivity index (χ1n) is 10.9. The summed E-state index contributed by atoms with van der Waals surface area (Å²) < 4.78 is 5.46. The van der Waals surface area contributed by atoms with Crippen LogP contribution in [0.25, 0.3) is 11.6 Å². The van der Waals surface area contributed by atoms with Crippen LogP contribution in [0, 0.1) is 0 Å². The lowest BCUT2D eigenvalue weighted by Crippen LogP contribution is -2.44. The number of amidine groups is 1. The van der Waals surface area contributed by atoms with Crippen molar-refractivity contribution in [2.75, 3.05) is 18.1 Å². The number of carbonyl (C=O) groups is 1. The van der Waals surface area contributed by atoms with Crippen molar-refractivity contribution in [3.63, 3.8) is 0 Å². The Hall–Kier alpha value is -2.99. The van der Waals surface area contributed by atoms with E-state index in [0.29, 0.717) is 16.7 Å². The summed E-state index contributed by atoms with van der Waals surface area (Å²) in [4.78, 5) is 20.1. The predicted octanol–water partition coefficient (Wildman–Crippen LogP) is 6.00. The minimum atomic E-state index is -0.124. The number of rotatable bonds is 5. The van der Waals surface area contributed by atoms with Crippen LogP contribution in [0.2, 0.25) is 0 Å². The molecule has 0 aromatic heterocycles. The first-order valence-corrected chi connectivity index (χ1v) is 11.8. The molecule has 5 nitrogen and oxygen atoms in total. The van der Waals surface area contributed by atoms with Crippen molar-refractivity contribution >= 4 is 45.9 Å². The zero-order chi connectivity index (χ0) is 22.9. The van der Waals surface area contributed by atoms with Gasteiger partial charge in [-0.05, 0) is 100.0 Å². The molecular formula is C26H29N3O2S. The second-order valence-corrected chi connectivity index (χ2v) is 9.44. The predicted molar refractivity (Wildman–Crippen MR) is 136 cm³/mol. The molecule has 0 spiro atoms. The number of nitrogens with one attached hydrogen (secondary N) is 1. The average Bonchev–Trinajstić information content (AvgIpc) is 3.08. The minimum Gasteiger partial charge on any atom is -0.494 e. The van der Waals surface area contributed by atoms with Gasteiger partial charge in [0.2, 0.25) is 0 Å². The van der Waals surface area contributed by atoms with Gasteiger partial charge in [0.05, 0.1) is 22.7 Å². The highest BCUT2D eigenvalue weighted by atomic mass is 32.2. The monoisotopic (exact) mass is 447 g/mol. The Balaban J connectivity index is 1.57. The number of benzene rings is 2. The molecule has 166 valence electrons.